The second kappa shape index (κ2) is 7.13. The average molecular weight is 321 g/mol. The molecular formula is C16H17ClN2O3. The molecule has 0 unspecified atom stereocenters. The topological polar surface area (TPSA) is 51.5 Å². The lowest BCUT2D eigenvalue weighted by atomic mass is 10.2. The molecule has 22 heavy (non-hydrogen) atoms. The maximum atomic E-state index is 12.2. The Hall–Kier alpha value is -2.27. The molecule has 6 heteroatoms. The molecule has 1 amide bonds. The van der Waals surface area contributed by atoms with Gasteiger partial charge in [-0.25, -0.2) is 0 Å². The quantitative estimate of drug-likeness (QED) is 0.848. The fraction of sp³-hybridized carbons (Fsp3) is 0.250. The molecule has 0 aliphatic rings. The zero-order valence-electron chi connectivity index (χ0n) is 12.5. The Morgan fingerprint density at radius 2 is 2.09 bits per heavy atom. The summed E-state index contributed by atoms with van der Waals surface area (Å²) in [6.07, 6.45) is 1.58. The number of likely N-dealkylation sites (N-methyl/N-ethyl adjacent to an activating group) is 1. The molecule has 0 spiro atoms. The van der Waals surface area contributed by atoms with E-state index >= 15 is 0 Å². The van der Waals surface area contributed by atoms with Gasteiger partial charge in [0, 0.05) is 36.9 Å². The number of hydrogen-bond acceptors (Lipinski definition) is 3. The third-order valence-electron chi connectivity index (χ3n) is 3.19. The van der Waals surface area contributed by atoms with Crippen LogP contribution in [0.25, 0.3) is 0 Å². The number of pyridine rings is 1. The van der Waals surface area contributed by atoms with E-state index in [2.05, 4.69) is 0 Å². The highest BCUT2D eigenvalue weighted by Gasteiger charge is 2.12. The molecule has 2 rings (SSSR count). The predicted octanol–water partition coefficient (Wildman–Crippen LogP) is 2.19. The van der Waals surface area contributed by atoms with Gasteiger partial charge in [-0.2, -0.15) is 0 Å². The van der Waals surface area contributed by atoms with E-state index in [0.29, 0.717) is 29.5 Å². The number of carbonyl (C=O) groups excluding carboxylic acids is 1. The summed E-state index contributed by atoms with van der Waals surface area (Å²) < 4.78 is 6.96. The number of benzene rings is 1. The summed E-state index contributed by atoms with van der Waals surface area (Å²) in [6.45, 7) is 0.744. The predicted molar refractivity (Wildman–Crippen MR) is 85.6 cm³/mol. The standard InChI is InChI=1S/C16H17ClN2O3/c1-18-7-6-12(10-15(18)20)16(21)19(2)8-9-22-14-5-3-4-13(17)11-14/h3-7,10-11H,8-9H2,1-2H3. The highest BCUT2D eigenvalue weighted by atomic mass is 35.5. The number of nitrogens with zero attached hydrogens (tertiary/aromatic N) is 2. The molecule has 5 nitrogen and oxygen atoms in total. The molecule has 1 aromatic heterocycles. The van der Waals surface area contributed by atoms with Crippen molar-refractivity contribution in [3.63, 3.8) is 0 Å². The molecule has 1 aromatic carbocycles. The van der Waals surface area contributed by atoms with Gasteiger partial charge in [0.2, 0.25) is 0 Å². The van der Waals surface area contributed by atoms with E-state index in [1.165, 1.54) is 15.5 Å². The van der Waals surface area contributed by atoms with E-state index in [4.69, 9.17) is 16.3 Å². The molecule has 0 N–H and O–H groups in total. The Morgan fingerprint density at radius 1 is 1.32 bits per heavy atom. The van der Waals surface area contributed by atoms with Gasteiger partial charge in [-0.1, -0.05) is 17.7 Å². The molecule has 0 saturated carbocycles. The monoisotopic (exact) mass is 320 g/mol. The van der Waals surface area contributed by atoms with Crippen LogP contribution in [0.1, 0.15) is 10.4 Å². The lowest BCUT2D eigenvalue weighted by molar-refractivity contribution is 0.0773. The van der Waals surface area contributed by atoms with Crippen molar-refractivity contribution < 1.29 is 9.53 Å². The minimum atomic E-state index is -0.215. The first-order chi connectivity index (χ1) is 10.5. The van der Waals surface area contributed by atoms with Crippen LogP contribution in [0, 0.1) is 0 Å². The number of aromatic nitrogens is 1. The fourth-order valence-electron chi connectivity index (χ4n) is 1.86. The zero-order chi connectivity index (χ0) is 16.1. The van der Waals surface area contributed by atoms with Crippen molar-refractivity contribution in [3.8, 4) is 5.75 Å². The van der Waals surface area contributed by atoms with Crippen molar-refractivity contribution in [3.05, 3.63) is 63.5 Å². The van der Waals surface area contributed by atoms with E-state index in [-0.39, 0.29) is 11.5 Å². The van der Waals surface area contributed by atoms with Crippen LogP contribution in [0.15, 0.2) is 47.4 Å². The molecule has 0 radical (unpaired) electrons. The number of hydrogen-bond donors (Lipinski definition) is 0. The van der Waals surface area contributed by atoms with Crippen molar-refractivity contribution in [2.24, 2.45) is 7.05 Å². The van der Waals surface area contributed by atoms with Crippen LogP contribution in [0.3, 0.4) is 0 Å². The van der Waals surface area contributed by atoms with E-state index in [1.54, 1.807) is 50.6 Å². The van der Waals surface area contributed by atoms with Crippen LogP contribution >= 0.6 is 11.6 Å². The lowest BCUT2D eigenvalue weighted by Crippen LogP contribution is -2.32. The van der Waals surface area contributed by atoms with E-state index in [1.807, 2.05) is 0 Å². The van der Waals surface area contributed by atoms with Crippen molar-refractivity contribution in [2.75, 3.05) is 20.2 Å². The lowest BCUT2D eigenvalue weighted by Gasteiger charge is -2.17. The Labute approximate surface area is 133 Å². The number of amides is 1. The molecule has 0 atom stereocenters. The second-order valence-corrected chi connectivity index (χ2v) is 5.33. The summed E-state index contributed by atoms with van der Waals surface area (Å²) >= 11 is 5.87. The summed E-state index contributed by atoms with van der Waals surface area (Å²) in [5.41, 5.74) is 0.155. The Kier molecular flexibility index (Phi) is 5.22. The minimum absolute atomic E-state index is 0.213. The largest absolute Gasteiger partial charge is 0.492 e. The highest BCUT2D eigenvalue weighted by molar-refractivity contribution is 6.30. The number of halogens is 1. The summed E-state index contributed by atoms with van der Waals surface area (Å²) in [4.78, 5) is 25.3. The van der Waals surface area contributed by atoms with Crippen LogP contribution in [-0.4, -0.2) is 35.6 Å². The smallest absolute Gasteiger partial charge is 0.253 e. The first kappa shape index (κ1) is 16.1. The van der Waals surface area contributed by atoms with Gasteiger partial charge in [0.15, 0.2) is 0 Å². The molecule has 116 valence electrons. The zero-order valence-corrected chi connectivity index (χ0v) is 13.2. The number of aryl methyl sites for hydroxylation is 1. The van der Waals surface area contributed by atoms with Gasteiger partial charge in [-0.3, -0.25) is 9.59 Å². The molecular weight excluding hydrogens is 304 g/mol. The summed E-state index contributed by atoms with van der Waals surface area (Å²) in [6, 6.07) is 10.0. The van der Waals surface area contributed by atoms with Gasteiger partial charge in [-0.15, -0.1) is 0 Å². The molecule has 2 aromatic rings. The van der Waals surface area contributed by atoms with Crippen LogP contribution in [0.4, 0.5) is 0 Å². The van der Waals surface area contributed by atoms with Gasteiger partial charge in [0.1, 0.15) is 12.4 Å². The normalized spacial score (nSPS) is 10.3. The minimum Gasteiger partial charge on any atom is -0.492 e. The van der Waals surface area contributed by atoms with Crippen molar-refractivity contribution in [1.29, 1.82) is 0 Å². The van der Waals surface area contributed by atoms with Crippen molar-refractivity contribution in [1.82, 2.24) is 9.47 Å². The second-order valence-electron chi connectivity index (χ2n) is 4.90. The van der Waals surface area contributed by atoms with Crippen molar-refractivity contribution in [2.45, 2.75) is 0 Å². The SMILES string of the molecule is CN(CCOc1cccc(Cl)c1)C(=O)c1ccn(C)c(=O)c1. The molecule has 1 heterocycles. The van der Waals surface area contributed by atoms with Gasteiger partial charge in [-0.05, 0) is 24.3 Å². The van der Waals surface area contributed by atoms with E-state index in [9.17, 15) is 9.59 Å². The maximum absolute atomic E-state index is 12.2. The molecule has 0 aliphatic heterocycles. The van der Waals surface area contributed by atoms with Gasteiger partial charge < -0.3 is 14.2 Å². The summed E-state index contributed by atoms with van der Waals surface area (Å²) in [5.74, 6) is 0.439. The van der Waals surface area contributed by atoms with E-state index < -0.39 is 0 Å². The number of ether oxygens (including phenoxy) is 1. The molecule has 0 aliphatic carbocycles. The summed E-state index contributed by atoms with van der Waals surface area (Å²) in [5, 5.41) is 0.599. The third kappa shape index (κ3) is 4.11. The molecule has 0 fully saturated rings. The fourth-order valence-corrected chi connectivity index (χ4v) is 2.04. The van der Waals surface area contributed by atoms with Crippen LogP contribution in [0.5, 0.6) is 5.75 Å². The van der Waals surface area contributed by atoms with Crippen LogP contribution < -0.4 is 10.3 Å². The highest BCUT2D eigenvalue weighted by Crippen LogP contribution is 2.16. The Balaban J connectivity index is 1.91. The number of carbonyl (C=O) groups is 1. The Bertz CT molecular complexity index is 727. The molecule has 0 saturated heterocycles. The first-order valence-corrected chi connectivity index (χ1v) is 7.15. The maximum Gasteiger partial charge on any atom is 0.253 e. The average Bonchev–Trinajstić information content (AvgIpc) is 2.49. The first-order valence-electron chi connectivity index (χ1n) is 6.78. The Morgan fingerprint density at radius 3 is 2.77 bits per heavy atom. The van der Waals surface area contributed by atoms with Crippen LogP contribution in [0.2, 0.25) is 5.02 Å². The van der Waals surface area contributed by atoms with Gasteiger partial charge in [0.05, 0.1) is 6.54 Å². The van der Waals surface area contributed by atoms with Crippen LogP contribution in [-0.2, 0) is 7.05 Å². The van der Waals surface area contributed by atoms with Crippen molar-refractivity contribution >= 4 is 17.5 Å². The molecule has 0 bridgehead atoms. The third-order valence-corrected chi connectivity index (χ3v) is 3.42. The van der Waals surface area contributed by atoms with Gasteiger partial charge >= 0.3 is 0 Å². The summed E-state index contributed by atoms with van der Waals surface area (Å²) in [7, 11) is 3.31. The number of rotatable bonds is 5. The van der Waals surface area contributed by atoms with E-state index in [0.717, 1.165) is 0 Å². The van der Waals surface area contributed by atoms with Gasteiger partial charge in [0.25, 0.3) is 11.5 Å².